The largest absolute Gasteiger partial charge is 0.495 e. The molecule has 15 heavy (non-hydrogen) atoms. The second-order valence-electron chi connectivity index (χ2n) is 3.40. The maximum absolute atomic E-state index is 9.57. The fraction of sp³-hybridized carbons (Fsp3) is 0.455. The second-order valence-corrected chi connectivity index (χ2v) is 3.81. The molecule has 0 saturated heterocycles. The van der Waals surface area contributed by atoms with Gasteiger partial charge in [-0.15, -0.1) is 0 Å². The van der Waals surface area contributed by atoms with Crippen molar-refractivity contribution in [2.45, 2.75) is 18.9 Å². The topological polar surface area (TPSA) is 55.5 Å². The number of methoxy groups -OCH3 is 1. The number of ether oxygens (including phenoxy) is 1. The van der Waals surface area contributed by atoms with Crippen LogP contribution in [0.4, 0.5) is 0 Å². The van der Waals surface area contributed by atoms with Crippen LogP contribution in [-0.4, -0.2) is 24.9 Å². The first-order valence-corrected chi connectivity index (χ1v) is 5.25. The Kier molecular flexibility index (Phi) is 4.88. The minimum Gasteiger partial charge on any atom is -0.495 e. The van der Waals surface area contributed by atoms with Crippen LogP contribution in [0.5, 0.6) is 5.75 Å². The molecule has 1 unspecified atom stereocenters. The molecule has 0 aliphatic rings. The van der Waals surface area contributed by atoms with E-state index in [9.17, 15) is 5.11 Å². The third kappa shape index (κ3) is 3.70. The first-order valence-electron chi connectivity index (χ1n) is 4.88. The molecule has 0 aromatic heterocycles. The van der Waals surface area contributed by atoms with Crippen LogP contribution in [0.25, 0.3) is 0 Å². The minimum absolute atomic E-state index is 0.403. The first kappa shape index (κ1) is 12.3. The van der Waals surface area contributed by atoms with E-state index in [0.717, 1.165) is 5.56 Å². The van der Waals surface area contributed by atoms with Gasteiger partial charge >= 0.3 is 0 Å². The van der Waals surface area contributed by atoms with Crippen LogP contribution in [0, 0.1) is 0 Å². The quantitative estimate of drug-likeness (QED) is 0.807. The van der Waals surface area contributed by atoms with Crippen molar-refractivity contribution in [2.75, 3.05) is 13.7 Å². The summed E-state index contributed by atoms with van der Waals surface area (Å²) in [7, 11) is 1.57. The van der Waals surface area contributed by atoms with Crippen molar-refractivity contribution in [3.8, 4) is 5.75 Å². The van der Waals surface area contributed by atoms with Gasteiger partial charge in [-0.05, 0) is 37.1 Å². The molecule has 3 N–H and O–H groups in total. The number of hydrogen-bond acceptors (Lipinski definition) is 3. The predicted molar refractivity (Wildman–Crippen MR) is 61.4 cm³/mol. The average Bonchev–Trinajstić information content (AvgIpc) is 2.18. The molecule has 0 bridgehead atoms. The number of benzene rings is 1. The highest BCUT2D eigenvalue weighted by Crippen LogP contribution is 2.25. The number of nitrogens with two attached hydrogens (primary N) is 1. The Morgan fingerprint density at radius 3 is 2.80 bits per heavy atom. The molecular formula is C11H16ClNO2. The van der Waals surface area contributed by atoms with Gasteiger partial charge in [0.15, 0.2) is 0 Å². The van der Waals surface area contributed by atoms with Crippen molar-refractivity contribution in [3.05, 3.63) is 28.8 Å². The molecular weight excluding hydrogens is 214 g/mol. The molecule has 3 nitrogen and oxygen atoms in total. The summed E-state index contributed by atoms with van der Waals surface area (Å²) >= 11 is 5.96. The van der Waals surface area contributed by atoms with Crippen LogP contribution in [0.2, 0.25) is 5.02 Å². The van der Waals surface area contributed by atoms with Gasteiger partial charge in [0, 0.05) is 0 Å². The minimum atomic E-state index is -0.403. The molecule has 0 fully saturated rings. The lowest BCUT2D eigenvalue weighted by molar-refractivity contribution is 0.167. The zero-order valence-electron chi connectivity index (χ0n) is 8.74. The van der Waals surface area contributed by atoms with Gasteiger partial charge in [-0.3, -0.25) is 0 Å². The van der Waals surface area contributed by atoms with E-state index in [1.807, 2.05) is 6.07 Å². The van der Waals surface area contributed by atoms with Crippen LogP contribution in [0.1, 0.15) is 12.0 Å². The Morgan fingerprint density at radius 1 is 1.53 bits per heavy atom. The van der Waals surface area contributed by atoms with Gasteiger partial charge in [-0.1, -0.05) is 17.7 Å². The summed E-state index contributed by atoms with van der Waals surface area (Å²) in [6.07, 6.45) is 0.768. The molecule has 0 radical (unpaired) electrons. The van der Waals surface area contributed by atoms with Gasteiger partial charge in [-0.2, -0.15) is 0 Å². The molecule has 0 aliphatic carbocycles. The molecule has 1 rings (SSSR count). The summed E-state index contributed by atoms with van der Waals surface area (Å²) in [6.45, 7) is 0.491. The summed E-state index contributed by atoms with van der Waals surface area (Å²) in [5.41, 5.74) is 6.34. The Balaban J connectivity index is 2.66. The standard InChI is InChI=1S/C11H16ClNO2/c1-15-11-3-2-8(7-10(11)12)6-9(14)4-5-13/h2-3,7,9,14H,4-6,13H2,1H3. The number of rotatable bonds is 5. The van der Waals surface area contributed by atoms with Crippen molar-refractivity contribution in [3.63, 3.8) is 0 Å². The van der Waals surface area contributed by atoms with Crippen LogP contribution < -0.4 is 10.5 Å². The van der Waals surface area contributed by atoms with Gasteiger partial charge in [-0.25, -0.2) is 0 Å². The van der Waals surface area contributed by atoms with Crippen LogP contribution in [0.3, 0.4) is 0 Å². The van der Waals surface area contributed by atoms with Crippen molar-refractivity contribution < 1.29 is 9.84 Å². The van der Waals surface area contributed by atoms with Gasteiger partial charge in [0.05, 0.1) is 18.2 Å². The molecule has 84 valence electrons. The fourth-order valence-electron chi connectivity index (χ4n) is 1.40. The number of hydrogen-bond donors (Lipinski definition) is 2. The molecule has 0 aliphatic heterocycles. The molecule has 0 spiro atoms. The van der Waals surface area contributed by atoms with E-state index in [1.165, 1.54) is 0 Å². The van der Waals surface area contributed by atoms with Crippen LogP contribution >= 0.6 is 11.6 Å². The highest BCUT2D eigenvalue weighted by Gasteiger charge is 2.07. The van der Waals surface area contributed by atoms with Gasteiger partial charge < -0.3 is 15.6 Å². The smallest absolute Gasteiger partial charge is 0.137 e. The van der Waals surface area contributed by atoms with Crippen molar-refractivity contribution >= 4 is 11.6 Å². The maximum Gasteiger partial charge on any atom is 0.137 e. The summed E-state index contributed by atoms with van der Waals surface area (Å²) in [6, 6.07) is 5.50. The molecule has 0 saturated carbocycles. The predicted octanol–water partition coefficient (Wildman–Crippen LogP) is 1.60. The van der Waals surface area contributed by atoms with E-state index in [4.69, 9.17) is 22.1 Å². The maximum atomic E-state index is 9.57. The number of aliphatic hydroxyl groups excluding tert-OH is 1. The lowest BCUT2D eigenvalue weighted by Crippen LogP contribution is -2.15. The first-order chi connectivity index (χ1) is 7.17. The van der Waals surface area contributed by atoms with Crippen molar-refractivity contribution in [1.29, 1.82) is 0 Å². The Morgan fingerprint density at radius 2 is 2.27 bits per heavy atom. The Labute approximate surface area is 94.8 Å². The van der Waals surface area contributed by atoms with Crippen molar-refractivity contribution in [1.82, 2.24) is 0 Å². The number of aliphatic hydroxyl groups is 1. The molecule has 1 aromatic carbocycles. The lowest BCUT2D eigenvalue weighted by Gasteiger charge is -2.10. The van der Waals surface area contributed by atoms with Crippen LogP contribution in [0.15, 0.2) is 18.2 Å². The second kappa shape index (κ2) is 5.95. The van der Waals surface area contributed by atoms with E-state index in [1.54, 1.807) is 19.2 Å². The van der Waals surface area contributed by atoms with E-state index in [-0.39, 0.29) is 0 Å². The summed E-state index contributed by atoms with van der Waals surface area (Å²) < 4.78 is 5.04. The SMILES string of the molecule is COc1ccc(CC(O)CCN)cc1Cl. The lowest BCUT2D eigenvalue weighted by atomic mass is 10.1. The van der Waals surface area contributed by atoms with Gasteiger partial charge in [0.2, 0.25) is 0 Å². The van der Waals surface area contributed by atoms with E-state index >= 15 is 0 Å². The van der Waals surface area contributed by atoms with Gasteiger partial charge in [0.1, 0.15) is 5.75 Å². The fourth-order valence-corrected chi connectivity index (χ4v) is 1.68. The summed E-state index contributed by atoms with van der Waals surface area (Å²) in [5.74, 6) is 0.647. The van der Waals surface area contributed by atoms with Crippen molar-refractivity contribution in [2.24, 2.45) is 5.73 Å². The zero-order valence-corrected chi connectivity index (χ0v) is 9.50. The van der Waals surface area contributed by atoms with Crippen LogP contribution in [-0.2, 0) is 6.42 Å². The third-order valence-electron chi connectivity index (χ3n) is 2.19. The Hall–Kier alpha value is -0.770. The molecule has 0 amide bonds. The highest BCUT2D eigenvalue weighted by atomic mass is 35.5. The van der Waals surface area contributed by atoms with Gasteiger partial charge in [0.25, 0.3) is 0 Å². The van der Waals surface area contributed by atoms with E-state index in [2.05, 4.69) is 0 Å². The van der Waals surface area contributed by atoms with E-state index in [0.29, 0.717) is 30.2 Å². The average molecular weight is 230 g/mol. The zero-order chi connectivity index (χ0) is 11.3. The summed E-state index contributed by atoms with van der Waals surface area (Å²) in [4.78, 5) is 0. The Bertz CT molecular complexity index is 317. The monoisotopic (exact) mass is 229 g/mol. The number of halogens is 1. The molecule has 4 heteroatoms. The molecule has 1 aromatic rings. The third-order valence-corrected chi connectivity index (χ3v) is 2.48. The molecule has 1 atom stereocenters. The highest BCUT2D eigenvalue weighted by molar-refractivity contribution is 6.32. The molecule has 0 heterocycles. The van der Waals surface area contributed by atoms with E-state index < -0.39 is 6.10 Å². The normalized spacial score (nSPS) is 12.5. The summed E-state index contributed by atoms with van der Waals surface area (Å²) in [5, 5.41) is 10.1.